The minimum Gasteiger partial charge on any atom is -0.478 e. The molecule has 0 saturated carbocycles. The number of anilines is 1. The highest BCUT2D eigenvalue weighted by Gasteiger charge is 2.12. The van der Waals surface area contributed by atoms with Gasteiger partial charge in [-0.3, -0.25) is 4.99 Å². The number of aromatic nitrogens is 1. The van der Waals surface area contributed by atoms with Gasteiger partial charge in [0.15, 0.2) is 0 Å². The van der Waals surface area contributed by atoms with E-state index in [1.165, 1.54) is 0 Å². The summed E-state index contributed by atoms with van der Waals surface area (Å²) in [7, 11) is 0. The largest absolute Gasteiger partial charge is 0.478 e. The van der Waals surface area contributed by atoms with Crippen LogP contribution in [0.25, 0.3) is 10.9 Å². The van der Waals surface area contributed by atoms with Crippen molar-refractivity contribution >= 4 is 22.6 Å². The standard InChI is InChI=1S/C16H21N3O2/c1-4-17-11-7-8-12-14(9-11)19(6-3)10-13(16(20)21)15(12)18-5-2/h7-10,17H,4-6H2,1-3H3,(H,20,21). The number of hydrogen-bond donors (Lipinski definition) is 2. The van der Waals surface area contributed by atoms with Crippen molar-refractivity contribution in [2.75, 3.05) is 18.4 Å². The number of fused-ring (bicyclic) bond motifs is 1. The van der Waals surface area contributed by atoms with Gasteiger partial charge in [-0.15, -0.1) is 0 Å². The van der Waals surface area contributed by atoms with Gasteiger partial charge in [-0.1, -0.05) is 0 Å². The molecule has 1 aromatic heterocycles. The Hall–Kier alpha value is -2.30. The molecule has 0 bridgehead atoms. The van der Waals surface area contributed by atoms with E-state index in [0.717, 1.165) is 23.1 Å². The van der Waals surface area contributed by atoms with Gasteiger partial charge in [0, 0.05) is 36.9 Å². The monoisotopic (exact) mass is 287 g/mol. The van der Waals surface area contributed by atoms with Crippen molar-refractivity contribution in [3.05, 3.63) is 35.3 Å². The molecule has 0 aliphatic heterocycles. The first kappa shape index (κ1) is 15.1. The molecule has 2 aromatic rings. The van der Waals surface area contributed by atoms with Crippen LogP contribution in [-0.4, -0.2) is 28.7 Å². The molecular formula is C16H21N3O2. The minimum atomic E-state index is -0.943. The molecule has 0 fully saturated rings. The number of benzene rings is 1. The van der Waals surface area contributed by atoms with Gasteiger partial charge in [0.25, 0.3) is 0 Å². The van der Waals surface area contributed by atoms with Crippen LogP contribution in [0.2, 0.25) is 0 Å². The van der Waals surface area contributed by atoms with Gasteiger partial charge < -0.3 is 15.0 Å². The second-order valence-electron chi connectivity index (χ2n) is 4.72. The van der Waals surface area contributed by atoms with E-state index in [0.29, 0.717) is 18.4 Å². The number of rotatable bonds is 5. The van der Waals surface area contributed by atoms with E-state index in [-0.39, 0.29) is 5.56 Å². The molecular weight excluding hydrogens is 266 g/mol. The summed E-state index contributed by atoms with van der Waals surface area (Å²) in [5.41, 5.74) is 2.27. The highest BCUT2D eigenvalue weighted by molar-refractivity contribution is 5.93. The van der Waals surface area contributed by atoms with Crippen molar-refractivity contribution in [3.8, 4) is 0 Å². The molecule has 21 heavy (non-hydrogen) atoms. The van der Waals surface area contributed by atoms with Gasteiger partial charge in [0.1, 0.15) is 5.56 Å². The predicted molar refractivity (Wildman–Crippen MR) is 84.8 cm³/mol. The van der Waals surface area contributed by atoms with Crippen LogP contribution in [0.15, 0.2) is 29.4 Å². The average molecular weight is 287 g/mol. The van der Waals surface area contributed by atoms with Gasteiger partial charge in [0.05, 0.1) is 10.9 Å². The summed E-state index contributed by atoms with van der Waals surface area (Å²) in [5, 5.41) is 14.1. The topological polar surface area (TPSA) is 66.6 Å². The number of nitrogens with one attached hydrogen (secondary N) is 1. The molecule has 0 amide bonds. The fourth-order valence-corrected chi connectivity index (χ4v) is 2.46. The molecule has 2 N–H and O–H groups in total. The third kappa shape index (κ3) is 2.91. The maximum Gasteiger partial charge on any atom is 0.339 e. The van der Waals surface area contributed by atoms with Crippen molar-refractivity contribution in [1.29, 1.82) is 0 Å². The molecule has 0 spiro atoms. The fourth-order valence-electron chi connectivity index (χ4n) is 2.46. The minimum absolute atomic E-state index is 0.252. The number of aromatic carboxylic acids is 1. The van der Waals surface area contributed by atoms with Gasteiger partial charge in [0.2, 0.25) is 0 Å². The van der Waals surface area contributed by atoms with Gasteiger partial charge in [-0.2, -0.15) is 0 Å². The van der Waals surface area contributed by atoms with Crippen molar-refractivity contribution in [3.63, 3.8) is 0 Å². The van der Waals surface area contributed by atoms with Crippen LogP contribution < -0.4 is 10.7 Å². The molecule has 0 saturated heterocycles. The SMILES string of the molecule is CCN=c1c(C(=O)O)cn(CC)c2cc(NCC)ccc12. The van der Waals surface area contributed by atoms with Crippen molar-refractivity contribution in [1.82, 2.24) is 4.57 Å². The highest BCUT2D eigenvalue weighted by Crippen LogP contribution is 2.18. The number of aryl methyl sites for hydroxylation is 1. The summed E-state index contributed by atoms with van der Waals surface area (Å²) in [5.74, 6) is -0.943. The second-order valence-corrected chi connectivity index (χ2v) is 4.72. The van der Waals surface area contributed by atoms with Gasteiger partial charge in [-0.25, -0.2) is 4.79 Å². The summed E-state index contributed by atoms with van der Waals surface area (Å²) < 4.78 is 1.95. The lowest BCUT2D eigenvalue weighted by Crippen LogP contribution is -2.20. The summed E-state index contributed by atoms with van der Waals surface area (Å²) in [6.07, 6.45) is 1.68. The first-order valence-electron chi connectivity index (χ1n) is 7.27. The lowest BCUT2D eigenvalue weighted by molar-refractivity contribution is 0.0694. The van der Waals surface area contributed by atoms with Crippen LogP contribution in [0.3, 0.4) is 0 Å². The molecule has 5 nitrogen and oxygen atoms in total. The lowest BCUT2D eigenvalue weighted by atomic mass is 10.1. The molecule has 112 valence electrons. The van der Waals surface area contributed by atoms with Crippen LogP contribution in [0.5, 0.6) is 0 Å². The Morgan fingerprint density at radius 2 is 2.10 bits per heavy atom. The third-order valence-corrected chi connectivity index (χ3v) is 3.37. The van der Waals surface area contributed by atoms with E-state index in [2.05, 4.69) is 10.3 Å². The highest BCUT2D eigenvalue weighted by atomic mass is 16.4. The number of carboxylic acids is 1. The predicted octanol–water partition coefficient (Wildman–Crippen LogP) is 2.71. The van der Waals surface area contributed by atoms with Gasteiger partial charge >= 0.3 is 5.97 Å². The number of pyridine rings is 1. The molecule has 0 radical (unpaired) electrons. The summed E-state index contributed by atoms with van der Waals surface area (Å²) in [4.78, 5) is 15.9. The van der Waals surface area contributed by atoms with Crippen molar-refractivity contribution < 1.29 is 9.90 Å². The Bertz CT molecular complexity index is 732. The summed E-state index contributed by atoms with van der Waals surface area (Å²) in [6.45, 7) is 8.06. The summed E-state index contributed by atoms with van der Waals surface area (Å²) in [6, 6.07) is 5.95. The van der Waals surface area contributed by atoms with Crippen LogP contribution >= 0.6 is 0 Å². The smallest absolute Gasteiger partial charge is 0.339 e. The van der Waals surface area contributed by atoms with Gasteiger partial charge in [-0.05, 0) is 39.0 Å². The molecule has 0 aliphatic carbocycles. The van der Waals surface area contributed by atoms with Crippen LogP contribution in [0.4, 0.5) is 5.69 Å². The van der Waals surface area contributed by atoms with E-state index in [1.54, 1.807) is 6.20 Å². The Kier molecular flexibility index (Phi) is 4.62. The maximum atomic E-state index is 11.5. The molecule has 0 aliphatic rings. The molecule has 0 unspecified atom stereocenters. The first-order chi connectivity index (χ1) is 10.1. The zero-order chi connectivity index (χ0) is 15.4. The number of hydrogen-bond acceptors (Lipinski definition) is 3. The number of carbonyl (C=O) groups is 1. The zero-order valence-electron chi connectivity index (χ0n) is 12.7. The number of nitrogens with zero attached hydrogens (tertiary/aromatic N) is 2. The molecule has 1 aromatic carbocycles. The van der Waals surface area contributed by atoms with Crippen LogP contribution in [0.1, 0.15) is 31.1 Å². The quantitative estimate of drug-likeness (QED) is 0.888. The van der Waals surface area contributed by atoms with Crippen LogP contribution in [-0.2, 0) is 6.54 Å². The third-order valence-electron chi connectivity index (χ3n) is 3.37. The molecule has 1 heterocycles. The average Bonchev–Trinajstić information content (AvgIpc) is 2.47. The Morgan fingerprint density at radius 1 is 1.33 bits per heavy atom. The number of carboxylic acid groups (broad SMARTS) is 1. The van der Waals surface area contributed by atoms with E-state index < -0.39 is 5.97 Å². The van der Waals surface area contributed by atoms with E-state index in [9.17, 15) is 9.90 Å². The van der Waals surface area contributed by atoms with E-state index in [1.807, 2.05) is 43.5 Å². The molecule has 5 heteroatoms. The van der Waals surface area contributed by atoms with Crippen LogP contribution in [0, 0.1) is 0 Å². The normalized spacial score (nSPS) is 11.9. The summed E-state index contributed by atoms with van der Waals surface area (Å²) >= 11 is 0. The Morgan fingerprint density at radius 3 is 2.67 bits per heavy atom. The van der Waals surface area contributed by atoms with Crippen molar-refractivity contribution in [2.24, 2.45) is 4.99 Å². The Balaban J connectivity index is 2.86. The first-order valence-corrected chi connectivity index (χ1v) is 7.27. The Labute approximate surface area is 123 Å². The lowest BCUT2D eigenvalue weighted by Gasteiger charge is -2.13. The van der Waals surface area contributed by atoms with Crippen molar-refractivity contribution in [2.45, 2.75) is 27.3 Å². The zero-order valence-corrected chi connectivity index (χ0v) is 12.7. The molecule has 0 atom stereocenters. The second kappa shape index (κ2) is 6.43. The maximum absolute atomic E-state index is 11.5. The molecule has 2 rings (SSSR count). The fraction of sp³-hybridized carbons (Fsp3) is 0.375. The van der Waals surface area contributed by atoms with E-state index in [4.69, 9.17) is 0 Å². The van der Waals surface area contributed by atoms with E-state index >= 15 is 0 Å².